The molecule has 2 aliphatic rings. The molecule has 0 radical (unpaired) electrons. The normalized spacial score (nSPS) is 16.6. The van der Waals surface area contributed by atoms with E-state index in [9.17, 15) is 14.4 Å². The lowest BCUT2D eigenvalue weighted by atomic mass is 9.76. The lowest BCUT2D eigenvalue weighted by Gasteiger charge is -2.24. The summed E-state index contributed by atoms with van der Waals surface area (Å²) in [6.07, 6.45) is 1.48. The number of anilines is 4. The highest BCUT2D eigenvalue weighted by Gasteiger charge is 2.34. The highest BCUT2D eigenvalue weighted by atomic mass is 19.1. The van der Waals surface area contributed by atoms with E-state index in [1.165, 1.54) is 12.1 Å². The molecule has 4 N–H and O–H groups in total. The van der Waals surface area contributed by atoms with Crippen LogP contribution in [-0.2, 0) is 19.4 Å². The molecule has 0 aliphatic carbocycles. The molecule has 5 rings (SSSR count). The van der Waals surface area contributed by atoms with Crippen LogP contribution < -0.4 is 21.0 Å². The largest absolute Gasteiger partial charge is 0.488 e. The van der Waals surface area contributed by atoms with Crippen LogP contribution in [-0.4, -0.2) is 39.7 Å². The molecular formula is C22H23BFN5O2. The Morgan fingerprint density at radius 3 is 2.84 bits per heavy atom. The van der Waals surface area contributed by atoms with Gasteiger partial charge < -0.3 is 25.6 Å². The molecule has 3 heterocycles. The van der Waals surface area contributed by atoms with Gasteiger partial charge in [0, 0.05) is 30.4 Å². The summed E-state index contributed by atoms with van der Waals surface area (Å²) in [6, 6.07) is 12.1. The Balaban J connectivity index is 1.51. The fourth-order valence-corrected chi connectivity index (χ4v) is 4.46. The monoisotopic (exact) mass is 419 g/mol. The van der Waals surface area contributed by atoms with E-state index in [1.54, 1.807) is 12.1 Å². The van der Waals surface area contributed by atoms with E-state index in [1.807, 2.05) is 23.1 Å². The Hall–Kier alpha value is -3.17. The van der Waals surface area contributed by atoms with Crippen LogP contribution in [0.4, 0.5) is 27.7 Å². The van der Waals surface area contributed by atoms with Crippen LogP contribution in [0.3, 0.4) is 0 Å². The van der Waals surface area contributed by atoms with E-state index in [2.05, 4.69) is 17.6 Å². The second-order valence-electron chi connectivity index (χ2n) is 8.00. The maximum Gasteiger partial charge on any atom is 0.488 e. The van der Waals surface area contributed by atoms with Crippen molar-refractivity contribution in [2.75, 3.05) is 22.1 Å². The molecule has 2 aliphatic heterocycles. The zero-order valence-electron chi connectivity index (χ0n) is 17.1. The summed E-state index contributed by atoms with van der Waals surface area (Å²) >= 11 is 0. The lowest BCUT2D eigenvalue weighted by molar-refractivity contribution is 0.425. The van der Waals surface area contributed by atoms with Gasteiger partial charge in [0.1, 0.15) is 17.5 Å². The Kier molecular flexibility index (Phi) is 4.99. The number of aromatic nitrogens is 2. The molecule has 31 heavy (non-hydrogen) atoms. The molecule has 0 spiro atoms. The third kappa shape index (κ3) is 3.60. The second-order valence-corrected chi connectivity index (χ2v) is 8.00. The highest BCUT2D eigenvalue weighted by molar-refractivity contribution is 6.59. The van der Waals surface area contributed by atoms with Crippen LogP contribution in [0.15, 0.2) is 42.5 Å². The molecule has 0 bridgehead atoms. The van der Waals surface area contributed by atoms with Gasteiger partial charge in [-0.05, 0) is 54.6 Å². The van der Waals surface area contributed by atoms with Crippen LogP contribution in [0.2, 0.25) is 0 Å². The van der Waals surface area contributed by atoms with Gasteiger partial charge in [-0.3, -0.25) is 0 Å². The van der Waals surface area contributed by atoms with Crippen molar-refractivity contribution < 1.29 is 14.4 Å². The second kappa shape index (κ2) is 7.83. The van der Waals surface area contributed by atoms with Crippen LogP contribution in [0.1, 0.15) is 23.6 Å². The zero-order valence-corrected chi connectivity index (χ0v) is 17.1. The predicted octanol–water partition coefficient (Wildman–Crippen LogP) is 1.96. The van der Waals surface area contributed by atoms with Crippen molar-refractivity contribution in [2.24, 2.45) is 0 Å². The first-order chi connectivity index (χ1) is 15.0. The molecule has 158 valence electrons. The molecule has 1 atom stereocenters. The first-order valence-corrected chi connectivity index (χ1v) is 10.4. The molecule has 0 saturated heterocycles. The number of hydrogen-bond acceptors (Lipinski definition) is 7. The number of halogens is 1. The first kappa shape index (κ1) is 19.8. The van der Waals surface area contributed by atoms with Crippen molar-refractivity contribution in [3.8, 4) is 0 Å². The fraction of sp³-hybridized carbons (Fsp3) is 0.273. The van der Waals surface area contributed by atoms with E-state index in [4.69, 9.17) is 9.97 Å². The SMILES string of the molecule is CC1Cc2c(B(O)O)cccc2N1c1nc2c(c(NCc3cccc(F)c3)n1)CCN2. The lowest BCUT2D eigenvalue weighted by Crippen LogP contribution is -2.32. The average molecular weight is 419 g/mol. The van der Waals surface area contributed by atoms with Gasteiger partial charge in [0.05, 0.1) is 0 Å². The van der Waals surface area contributed by atoms with Crippen molar-refractivity contribution in [3.05, 3.63) is 65.0 Å². The predicted molar refractivity (Wildman–Crippen MR) is 120 cm³/mol. The summed E-state index contributed by atoms with van der Waals surface area (Å²) < 4.78 is 13.5. The van der Waals surface area contributed by atoms with Gasteiger partial charge in [-0.15, -0.1) is 0 Å². The maximum atomic E-state index is 13.5. The third-order valence-corrected chi connectivity index (χ3v) is 5.89. The minimum atomic E-state index is -1.52. The maximum absolute atomic E-state index is 13.5. The van der Waals surface area contributed by atoms with Gasteiger partial charge in [0.15, 0.2) is 0 Å². The van der Waals surface area contributed by atoms with Gasteiger partial charge in [-0.2, -0.15) is 9.97 Å². The van der Waals surface area contributed by atoms with Crippen LogP contribution in [0.5, 0.6) is 0 Å². The summed E-state index contributed by atoms with van der Waals surface area (Å²) in [5, 5.41) is 26.2. The van der Waals surface area contributed by atoms with Crippen LogP contribution in [0, 0.1) is 5.82 Å². The van der Waals surface area contributed by atoms with Gasteiger partial charge in [-0.25, -0.2) is 4.39 Å². The van der Waals surface area contributed by atoms with Crippen LogP contribution in [0.25, 0.3) is 0 Å². The highest BCUT2D eigenvalue weighted by Crippen LogP contribution is 2.38. The summed E-state index contributed by atoms with van der Waals surface area (Å²) in [5.41, 5.74) is 4.15. The minimum absolute atomic E-state index is 0.0606. The smallest absolute Gasteiger partial charge is 0.423 e. The van der Waals surface area contributed by atoms with E-state index < -0.39 is 7.12 Å². The summed E-state index contributed by atoms with van der Waals surface area (Å²) in [5.74, 6) is 1.81. The Labute approximate surface area is 180 Å². The standard InChI is InChI=1S/C22H23BFN5O2/c1-13-10-17-18(23(30)31)6-3-7-19(17)29(13)22-27-20-16(8-9-25-20)21(28-22)26-12-14-4-2-5-15(24)11-14/h2-7,11,13,30-31H,8-10,12H2,1H3,(H2,25,26,27,28). The molecule has 1 aromatic heterocycles. The van der Waals surface area contributed by atoms with Crippen molar-refractivity contribution in [1.82, 2.24) is 9.97 Å². The van der Waals surface area contributed by atoms with E-state index in [0.717, 1.165) is 47.0 Å². The third-order valence-electron chi connectivity index (χ3n) is 5.89. The van der Waals surface area contributed by atoms with Crippen molar-refractivity contribution in [1.29, 1.82) is 0 Å². The topological polar surface area (TPSA) is 93.5 Å². The average Bonchev–Trinajstić information content (AvgIpc) is 3.35. The Morgan fingerprint density at radius 1 is 1.19 bits per heavy atom. The summed E-state index contributed by atoms with van der Waals surface area (Å²) in [4.78, 5) is 11.6. The van der Waals surface area contributed by atoms with Gasteiger partial charge >= 0.3 is 7.12 Å². The number of nitrogens with one attached hydrogen (secondary N) is 2. The number of benzene rings is 2. The number of fused-ring (bicyclic) bond motifs is 2. The molecule has 9 heteroatoms. The molecule has 0 amide bonds. The van der Waals surface area contributed by atoms with Crippen molar-refractivity contribution in [2.45, 2.75) is 32.4 Å². The van der Waals surface area contributed by atoms with E-state index in [-0.39, 0.29) is 11.9 Å². The summed E-state index contributed by atoms with van der Waals surface area (Å²) in [6.45, 7) is 3.31. The number of rotatable bonds is 5. The Bertz CT molecular complexity index is 1140. The van der Waals surface area contributed by atoms with Gasteiger partial charge in [0.2, 0.25) is 5.95 Å². The molecule has 2 aromatic carbocycles. The molecule has 1 unspecified atom stereocenters. The first-order valence-electron chi connectivity index (χ1n) is 10.4. The fourth-order valence-electron chi connectivity index (χ4n) is 4.46. The van der Waals surface area contributed by atoms with Crippen molar-refractivity contribution in [3.63, 3.8) is 0 Å². The molecule has 0 fully saturated rings. The zero-order chi connectivity index (χ0) is 21.5. The van der Waals surface area contributed by atoms with Gasteiger partial charge in [-0.1, -0.05) is 24.3 Å². The van der Waals surface area contributed by atoms with E-state index >= 15 is 0 Å². The molecular weight excluding hydrogens is 396 g/mol. The Morgan fingerprint density at radius 2 is 2.03 bits per heavy atom. The number of hydrogen-bond donors (Lipinski definition) is 4. The quantitative estimate of drug-likeness (QED) is 0.470. The van der Waals surface area contributed by atoms with Gasteiger partial charge in [0.25, 0.3) is 0 Å². The van der Waals surface area contributed by atoms with E-state index in [0.29, 0.717) is 24.4 Å². The van der Waals surface area contributed by atoms with Crippen LogP contribution >= 0.6 is 0 Å². The molecule has 7 nitrogen and oxygen atoms in total. The van der Waals surface area contributed by atoms with Crippen molar-refractivity contribution >= 4 is 35.9 Å². The molecule has 3 aromatic rings. The number of nitrogens with zero attached hydrogens (tertiary/aromatic N) is 3. The minimum Gasteiger partial charge on any atom is -0.423 e. The summed E-state index contributed by atoms with van der Waals surface area (Å²) in [7, 11) is -1.52. The molecule has 0 saturated carbocycles.